The van der Waals surface area contributed by atoms with Crippen molar-refractivity contribution in [1.82, 2.24) is 15.5 Å². The Morgan fingerprint density at radius 2 is 1.66 bits per heavy atom. The van der Waals surface area contributed by atoms with E-state index in [1.807, 2.05) is 0 Å². The van der Waals surface area contributed by atoms with Gasteiger partial charge in [-0.25, -0.2) is 4.79 Å². The number of piperidine rings is 1. The van der Waals surface area contributed by atoms with E-state index in [1.165, 1.54) is 18.2 Å². The van der Waals surface area contributed by atoms with Gasteiger partial charge in [-0.15, -0.1) is 0 Å². The fourth-order valence-corrected chi connectivity index (χ4v) is 3.36. The molecule has 2 aliphatic heterocycles. The average Bonchev–Trinajstić information content (AvgIpc) is 3.10. The highest BCUT2D eigenvalue weighted by atomic mass is 19.4. The van der Waals surface area contributed by atoms with Gasteiger partial charge in [-0.2, -0.15) is 13.2 Å². The highest BCUT2D eigenvalue weighted by Gasteiger charge is 2.44. The van der Waals surface area contributed by atoms with Gasteiger partial charge in [0.15, 0.2) is 0 Å². The minimum atomic E-state index is -5.08. The molecule has 13 nitrogen and oxygen atoms in total. The van der Waals surface area contributed by atoms with E-state index >= 15 is 0 Å². The average molecular weight is 546 g/mol. The molecule has 0 spiro atoms. The van der Waals surface area contributed by atoms with Gasteiger partial charge in [0.1, 0.15) is 6.04 Å². The Morgan fingerprint density at radius 3 is 2.24 bits per heavy atom. The van der Waals surface area contributed by atoms with Crippen LogP contribution in [0.5, 0.6) is 0 Å². The molecule has 1 saturated heterocycles. The summed E-state index contributed by atoms with van der Waals surface area (Å²) >= 11 is 0. The Labute approximate surface area is 213 Å². The first-order chi connectivity index (χ1) is 17.9. The van der Waals surface area contributed by atoms with Crippen LogP contribution in [0.25, 0.3) is 0 Å². The topological polar surface area (TPSA) is 194 Å². The Hall–Kier alpha value is -3.89. The summed E-state index contributed by atoms with van der Waals surface area (Å²) in [5.74, 6) is -5.59. The number of rotatable bonds is 10. The molecule has 3 rings (SSSR count). The minimum Gasteiger partial charge on any atom is -0.475 e. The summed E-state index contributed by atoms with van der Waals surface area (Å²) in [6.45, 7) is 2.22. The van der Waals surface area contributed by atoms with Crippen LogP contribution in [0.1, 0.15) is 43.9 Å². The minimum absolute atomic E-state index is 0.0404. The van der Waals surface area contributed by atoms with E-state index in [0.717, 1.165) is 4.90 Å². The fraction of sp³-hybridized carbons (Fsp3) is 0.455. The number of halogens is 3. The van der Waals surface area contributed by atoms with Crippen LogP contribution in [0.15, 0.2) is 18.2 Å². The fourth-order valence-electron chi connectivity index (χ4n) is 3.36. The third-order valence-electron chi connectivity index (χ3n) is 5.11. The number of aliphatic carboxylic acids is 1. The van der Waals surface area contributed by atoms with Gasteiger partial charge < -0.3 is 25.6 Å². The summed E-state index contributed by atoms with van der Waals surface area (Å²) in [7, 11) is 0. The van der Waals surface area contributed by atoms with Crippen molar-refractivity contribution in [2.75, 3.05) is 39.5 Å². The lowest BCUT2D eigenvalue weighted by molar-refractivity contribution is -0.192. The standard InChI is InChI=1S/C20H24N4O7.C2HF3O2/c21-5-7-30-9-10-31-8-6-22-17(26)12-1-2-13-14(11-12)20(29)24(19(13)28)15-3-4-16(25)23-18(15)27;3-2(4,5)1(6)7/h1-2,11,15H,3-10,21H2,(H,22,26)(H,23,25,27);(H,6,7). The Morgan fingerprint density at radius 1 is 1.05 bits per heavy atom. The molecule has 1 aromatic rings. The van der Waals surface area contributed by atoms with E-state index in [1.54, 1.807) is 0 Å². The van der Waals surface area contributed by atoms with Gasteiger partial charge in [0.25, 0.3) is 17.7 Å². The maximum absolute atomic E-state index is 12.8. The second-order valence-electron chi connectivity index (χ2n) is 7.78. The molecule has 1 unspecified atom stereocenters. The number of hydrogen-bond donors (Lipinski definition) is 4. The van der Waals surface area contributed by atoms with Crippen LogP contribution in [0.3, 0.4) is 0 Å². The molecule has 0 aliphatic carbocycles. The largest absolute Gasteiger partial charge is 0.490 e. The summed E-state index contributed by atoms with van der Waals surface area (Å²) in [6, 6.07) is 3.11. The van der Waals surface area contributed by atoms with Crippen LogP contribution >= 0.6 is 0 Å². The smallest absolute Gasteiger partial charge is 0.475 e. The van der Waals surface area contributed by atoms with Crippen molar-refractivity contribution in [3.63, 3.8) is 0 Å². The number of amides is 5. The number of imide groups is 2. The van der Waals surface area contributed by atoms with Crippen molar-refractivity contribution in [2.45, 2.75) is 25.1 Å². The molecule has 0 saturated carbocycles. The molecule has 2 aliphatic rings. The van der Waals surface area contributed by atoms with Crippen LogP contribution in [0.4, 0.5) is 13.2 Å². The number of fused-ring (bicyclic) bond motifs is 1. The second kappa shape index (κ2) is 13.6. The molecule has 38 heavy (non-hydrogen) atoms. The third kappa shape index (κ3) is 8.06. The van der Waals surface area contributed by atoms with Gasteiger partial charge in [0, 0.05) is 25.1 Å². The maximum atomic E-state index is 12.8. The quantitative estimate of drug-likeness (QED) is 0.218. The van der Waals surface area contributed by atoms with Gasteiger partial charge in [-0.3, -0.25) is 34.2 Å². The van der Waals surface area contributed by atoms with E-state index in [4.69, 9.17) is 25.1 Å². The lowest BCUT2D eigenvalue weighted by atomic mass is 10.0. The number of carbonyl (C=O) groups is 6. The number of nitrogens with one attached hydrogen (secondary N) is 2. The summed E-state index contributed by atoms with van der Waals surface area (Å²) in [4.78, 5) is 71.0. The first-order valence-corrected chi connectivity index (χ1v) is 11.2. The molecule has 0 bridgehead atoms. The number of nitrogens with zero attached hydrogens (tertiary/aromatic N) is 1. The van der Waals surface area contributed by atoms with Crippen LogP contribution in [0.2, 0.25) is 0 Å². The molecule has 1 aromatic carbocycles. The van der Waals surface area contributed by atoms with Crippen LogP contribution < -0.4 is 16.4 Å². The Balaban J connectivity index is 0.000000638. The van der Waals surface area contributed by atoms with Crippen LogP contribution in [-0.2, 0) is 23.9 Å². The van der Waals surface area contributed by atoms with Crippen LogP contribution in [0, 0.1) is 0 Å². The Kier molecular flexibility index (Phi) is 10.9. The predicted molar refractivity (Wildman–Crippen MR) is 120 cm³/mol. The van der Waals surface area contributed by atoms with E-state index < -0.39 is 47.7 Å². The van der Waals surface area contributed by atoms with Crippen molar-refractivity contribution in [3.05, 3.63) is 34.9 Å². The summed E-state index contributed by atoms with van der Waals surface area (Å²) in [5.41, 5.74) is 5.67. The molecule has 5 amide bonds. The monoisotopic (exact) mass is 546 g/mol. The molecule has 5 N–H and O–H groups in total. The number of carboxylic acid groups (broad SMARTS) is 1. The zero-order valence-electron chi connectivity index (χ0n) is 19.8. The molecule has 16 heteroatoms. The van der Waals surface area contributed by atoms with Crippen molar-refractivity contribution in [2.24, 2.45) is 5.73 Å². The highest BCUT2D eigenvalue weighted by Crippen LogP contribution is 2.28. The summed E-state index contributed by atoms with van der Waals surface area (Å²) < 4.78 is 42.2. The zero-order chi connectivity index (χ0) is 28.5. The highest BCUT2D eigenvalue weighted by molar-refractivity contribution is 6.24. The number of carboxylic acids is 1. The lowest BCUT2D eigenvalue weighted by Crippen LogP contribution is -2.54. The van der Waals surface area contributed by atoms with Gasteiger partial charge in [0.2, 0.25) is 11.8 Å². The molecule has 208 valence electrons. The van der Waals surface area contributed by atoms with Gasteiger partial charge >= 0.3 is 12.1 Å². The first kappa shape index (κ1) is 30.3. The maximum Gasteiger partial charge on any atom is 0.490 e. The summed E-state index contributed by atoms with van der Waals surface area (Å²) in [5, 5.41) is 11.9. The van der Waals surface area contributed by atoms with E-state index in [-0.39, 0.29) is 42.7 Å². The van der Waals surface area contributed by atoms with Crippen molar-refractivity contribution < 1.29 is 56.5 Å². The summed E-state index contributed by atoms with van der Waals surface area (Å²) in [6.07, 6.45) is -4.97. The normalized spacial score (nSPS) is 16.9. The van der Waals surface area contributed by atoms with Crippen molar-refractivity contribution in [1.29, 1.82) is 0 Å². The lowest BCUT2D eigenvalue weighted by Gasteiger charge is -2.27. The van der Waals surface area contributed by atoms with Gasteiger partial charge in [0.05, 0.1) is 37.6 Å². The van der Waals surface area contributed by atoms with Gasteiger partial charge in [-0.1, -0.05) is 0 Å². The zero-order valence-corrected chi connectivity index (χ0v) is 19.8. The Bertz CT molecular complexity index is 1090. The number of benzene rings is 1. The number of nitrogens with two attached hydrogens (primary N) is 1. The molecular formula is C22H25F3N4O9. The first-order valence-electron chi connectivity index (χ1n) is 11.2. The predicted octanol–water partition coefficient (Wildman–Crippen LogP) is -0.557. The van der Waals surface area contributed by atoms with E-state index in [9.17, 15) is 37.1 Å². The number of alkyl halides is 3. The number of ether oxygens (including phenoxy) is 2. The number of carbonyl (C=O) groups excluding carboxylic acids is 5. The third-order valence-corrected chi connectivity index (χ3v) is 5.11. The molecule has 0 radical (unpaired) electrons. The molecule has 0 aromatic heterocycles. The molecule has 1 atom stereocenters. The molecule has 2 heterocycles. The van der Waals surface area contributed by atoms with Crippen LogP contribution in [-0.4, -0.2) is 97.2 Å². The second-order valence-corrected chi connectivity index (χ2v) is 7.78. The van der Waals surface area contributed by atoms with Gasteiger partial charge in [-0.05, 0) is 24.6 Å². The van der Waals surface area contributed by atoms with E-state index in [2.05, 4.69) is 10.6 Å². The number of hydrogen-bond acceptors (Lipinski definition) is 9. The van der Waals surface area contributed by atoms with Crippen molar-refractivity contribution in [3.8, 4) is 0 Å². The molecule has 1 fully saturated rings. The SMILES string of the molecule is NCCOCCOCCNC(=O)c1ccc2c(c1)C(=O)N(C1CCC(=O)NC1=O)C2=O.O=C(O)C(F)(F)F. The van der Waals surface area contributed by atoms with Crippen molar-refractivity contribution >= 4 is 35.5 Å². The molecular weight excluding hydrogens is 521 g/mol. The van der Waals surface area contributed by atoms with E-state index in [0.29, 0.717) is 26.4 Å².